The van der Waals surface area contributed by atoms with Crippen LogP contribution in [0.5, 0.6) is 0 Å². The molecule has 0 aliphatic rings. The number of nitrogens with zero attached hydrogens (tertiary/aromatic N) is 2. The molecule has 0 atom stereocenters. The van der Waals surface area contributed by atoms with E-state index in [0.29, 0.717) is 4.88 Å². The first-order valence-corrected chi connectivity index (χ1v) is 7.64. The minimum absolute atomic E-state index is 0.0370. The summed E-state index contributed by atoms with van der Waals surface area (Å²) in [4.78, 5) is 19.3. The number of hydrogen-bond acceptors (Lipinski definition) is 4. The van der Waals surface area contributed by atoms with Crippen LogP contribution in [-0.4, -0.2) is 25.0 Å². The molecule has 1 aromatic heterocycles. The van der Waals surface area contributed by atoms with Crippen molar-refractivity contribution in [3.8, 4) is 0 Å². The lowest BCUT2D eigenvalue weighted by molar-refractivity contribution is 0.103. The number of aromatic nitrogens is 1. The van der Waals surface area contributed by atoms with Crippen LogP contribution in [0.25, 0.3) is 0 Å². The van der Waals surface area contributed by atoms with Gasteiger partial charge in [-0.3, -0.25) is 4.79 Å². The third-order valence-electron chi connectivity index (χ3n) is 3.01. The van der Waals surface area contributed by atoms with Gasteiger partial charge in [0.15, 0.2) is 0 Å². The average molecular weight is 303 g/mol. The van der Waals surface area contributed by atoms with E-state index < -0.39 is 0 Å². The summed E-state index contributed by atoms with van der Waals surface area (Å²) < 4.78 is 0. The number of benzene rings is 1. The summed E-state index contributed by atoms with van der Waals surface area (Å²) in [5, 5.41) is 3.93. The third-order valence-corrected chi connectivity index (χ3v) is 4.43. The van der Waals surface area contributed by atoms with Gasteiger partial charge in [-0.15, -0.1) is 11.3 Å². The molecule has 0 radical (unpaired) electrons. The highest BCUT2D eigenvalue weighted by Crippen LogP contribution is 2.28. The zero-order valence-electron chi connectivity index (χ0n) is 13.1. The smallest absolute Gasteiger partial charge is 0.267 e. The molecule has 1 heterocycles. The fourth-order valence-corrected chi connectivity index (χ4v) is 2.75. The minimum Gasteiger partial charge on any atom is -0.376 e. The molecule has 4 nitrogen and oxygen atoms in total. The molecule has 0 fully saturated rings. The van der Waals surface area contributed by atoms with Gasteiger partial charge in [-0.05, 0) is 12.1 Å². The second-order valence-corrected chi connectivity index (χ2v) is 7.18. The van der Waals surface area contributed by atoms with Gasteiger partial charge in [-0.1, -0.05) is 32.9 Å². The summed E-state index contributed by atoms with van der Waals surface area (Å²) >= 11 is 1.44. The lowest BCUT2D eigenvalue weighted by Crippen LogP contribution is -2.16. The Hall–Kier alpha value is -1.88. The monoisotopic (exact) mass is 303 g/mol. The van der Waals surface area contributed by atoms with Crippen LogP contribution in [0.1, 0.15) is 35.5 Å². The number of para-hydroxylation sites is 2. The minimum atomic E-state index is -0.114. The van der Waals surface area contributed by atoms with Gasteiger partial charge in [-0.2, -0.15) is 0 Å². The molecule has 0 saturated carbocycles. The van der Waals surface area contributed by atoms with Gasteiger partial charge < -0.3 is 10.2 Å². The number of hydrogen-bond donors (Lipinski definition) is 1. The molecule has 2 rings (SSSR count). The highest BCUT2D eigenvalue weighted by molar-refractivity contribution is 7.13. The number of carbonyl (C=O) groups is 1. The van der Waals surface area contributed by atoms with Crippen molar-refractivity contribution >= 4 is 28.6 Å². The van der Waals surface area contributed by atoms with Crippen molar-refractivity contribution in [3.63, 3.8) is 0 Å². The predicted octanol–water partition coefficient (Wildman–Crippen LogP) is 3.76. The third kappa shape index (κ3) is 3.61. The van der Waals surface area contributed by atoms with Crippen molar-refractivity contribution in [2.45, 2.75) is 26.2 Å². The zero-order valence-corrected chi connectivity index (χ0v) is 13.9. The molecular formula is C16H21N3OS. The molecule has 1 aromatic carbocycles. The first kappa shape index (κ1) is 15.5. The van der Waals surface area contributed by atoms with Crippen LogP contribution in [0.4, 0.5) is 11.4 Å². The summed E-state index contributed by atoms with van der Waals surface area (Å²) in [7, 11) is 3.91. The van der Waals surface area contributed by atoms with Gasteiger partial charge in [0, 0.05) is 19.5 Å². The van der Waals surface area contributed by atoms with Crippen molar-refractivity contribution in [1.82, 2.24) is 4.98 Å². The Kier molecular flexibility index (Phi) is 4.32. The lowest BCUT2D eigenvalue weighted by Gasteiger charge is -2.17. The van der Waals surface area contributed by atoms with Crippen LogP contribution in [0.15, 0.2) is 30.5 Å². The van der Waals surface area contributed by atoms with Crippen LogP contribution in [0.2, 0.25) is 0 Å². The van der Waals surface area contributed by atoms with E-state index in [1.54, 1.807) is 6.20 Å². The summed E-state index contributed by atoms with van der Waals surface area (Å²) in [5.41, 5.74) is 1.75. The highest BCUT2D eigenvalue weighted by atomic mass is 32.1. The number of nitrogens with one attached hydrogen (secondary N) is 1. The Bertz CT molecular complexity index is 641. The Morgan fingerprint density at radius 1 is 1.24 bits per heavy atom. The number of anilines is 2. The number of thiazole rings is 1. The van der Waals surface area contributed by atoms with E-state index in [9.17, 15) is 4.79 Å². The summed E-state index contributed by atoms with van der Waals surface area (Å²) in [5.74, 6) is -0.114. The van der Waals surface area contributed by atoms with E-state index in [0.717, 1.165) is 16.4 Å². The van der Waals surface area contributed by atoms with Crippen molar-refractivity contribution in [3.05, 3.63) is 40.3 Å². The molecular weight excluding hydrogens is 282 g/mol. The number of carbonyl (C=O) groups excluding carboxylic acids is 1. The normalized spacial score (nSPS) is 11.3. The van der Waals surface area contributed by atoms with Gasteiger partial charge in [0.1, 0.15) is 4.88 Å². The molecule has 5 heteroatoms. The van der Waals surface area contributed by atoms with E-state index in [4.69, 9.17) is 0 Å². The quantitative estimate of drug-likeness (QED) is 0.939. The van der Waals surface area contributed by atoms with Gasteiger partial charge in [0.25, 0.3) is 5.91 Å². The van der Waals surface area contributed by atoms with Crippen molar-refractivity contribution in [1.29, 1.82) is 0 Å². The molecule has 112 valence electrons. The Morgan fingerprint density at radius 2 is 1.90 bits per heavy atom. The standard InChI is InChI=1S/C16H21N3OS/c1-16(2,3)15-17-10-13(21-15)14(20)18-11-8-6-7-9-12(11)19(4)5/h6-10H,1-5H3,(H,18,20). The summed E-state index contributed by atoms with van der Waals surface area (Å²) in [6, 6.07) is 7.74. The first-order valence-electron chi connectivity index (χ1n) is 6.83. The van der Waals surface area contributed by atoms with Gasteiger partial charge in [0.05, 0.1) is 22.6 Å². The first-order chi connectivity index (χ1) is 9.79. The molecule has 0 saturated heterocycles. The fraction of sp³-hybridized carbons (Fsp3) is 0.375. The van der Waals surface area contributed by atoms with E-state index in [1.165, 1.54) is 11.3 Å². The molecule has 0 aliphatic heterocycles. The van der Waals surface area contributed by atoms with Gasteiger partial charge in [-0.25, -0.2) is 4.98 Å². The fourth-order valence-electron chi connectivity index (χ4n) is 1.88. The zero-order chi connectivity index (χ0) is 15.6. The van der Waals surface area contributed by atoms with Crippen LogP contribution in [-0.2, 0) is 5.41 Å². The molecule has 21 heavy (non-hydrogen) atoms. The van der Waals surface area contributed by atoms with E-state index >= 15 is 0 Å². The maximum absolute atomic E-state index is 12.4. The molecule has 2 aromatic rings. The summed E-state index contributed by atoms with van der Waals surface area (Å²) in [6.07, 6.45) is 1.65. The number of rotatable bonds is 3. The van der Waals surface area contributed by atoms with Crippen molar-refractivity contribution < 1.29 is 4.79 Å². The largest absolute Gasteiger partial charge is 0.376 e. The number of amides is 1. The van der Waals surface area contributed by atoms with Crippen LogP contribution < -0.4 is 10.2 Å². The molecule has 1 N–H and O–H groups in total. The average Bonchev–Trinajstić information content (AvgIpc) is 2.88. The van der Waals surface area contributed by atoms with Gasteiger partial charge >= 0.3 is 0 Å². The SMILES string of the molecule is CN(C)c1ccccc1NC(=O)c1cnc(C(C)(C)C)s1. The van der Waals surface area contributed by atoms with E-state index in [2.05, 4.69) is 31.1 Å². The molecule has 0 spiro atoms. The Balaban J connectivity index is 2.21. The van der Waals surface area contributed by atoms with Crippen LogP contribution >= 0.6 is 11.3 Å². The van der Waals surface area contributed by atoms with Crippen LogP contribution in [0.3, 0.4) is 0 Å². The van der Waals surface area contributed by atoms with Gasteiger partial charge in [0.2, 0.25) is 0 Å². The Labute approximate surface area is 129 Å². The molecule has 0 aliphatic carbocycles. The lowest BCUT2D eigenvalue weighted by atomic mass is 9.98. The van der Waals surface area contributed by atoms with Crippen molar-refractivity contribution in [2.24, 2.45) is 0 Å². The van der Waals surface area contributed by atoms with E-state index in [1.807, 2.05) is 43.3 Å². The predicted molar refractivity (Wildman–Crippen MR) is 89.5 cm³/mol. The summed E-state index contributed by atoms with van der Waals surface area (Å²) in [6.45, 7) is 6.28. The Morgan fingerprint density at radius 3 is 2.48 bits per heavy atom. The maximum atomic E-state index is 12.4. The highest BCUT2D eigenvalue weighted by Gasteiger charge is 2.20. The van der Waals surface area contributed by atoms with E-state index in [-0.39, 0.29) is 11.3 Å². The molecule has 1 amide bonds. The maximum Gasteiger partial charge on any atom is 0.267 e. The molecule has 0 unspecified atom stereocenters. The second kappa shape index (κ2) is 5.85. The van der Waals surface area contributed by atoms with Crippen LogP contribution in [0, 0.1) is 0 Å². The second-order valence-electron chi connectivity index (χ2n) is 6.15. The molecule has 0 bridgehead atoms. The van der Waals surface area contributed by atoms with Crippen molar-refractivity contribution in [2.75, 3.05) is 24.3 Å². The topological polar surface area (TPSA) is 45.2 Å².